The van der Waals surface area contributed by atoms with Crippen molar-refractivity contribution in [1.29, 1.82) is 0 Å². The molecule has 0 aromatic carbocycles. The zero-order chi connectivity index (χ0) is 8.54. The summed E-state index contributed by atoms with van der Waals surface area (Å²) in [6.07, 6.45) is 0. The Hall–Kier alpha value is 0.390. The van der Waals surface area contributed by atoms with Crippen LogP contribution in [0.1, 0.15) is 6.92 Å². The molecule has 1 aliphatic heterocycles. The van der Waals surface area contributed by atoms with Gasteiger partial charge in [-0.15, -0.1) is 23.2 Å². The van der Waals surface area contributed by atoms with Gasteiger partial charge in [-0.05, 0) is 6.92 Å². The van der Waals surface area contributed by atoms with E-state index < -0.39 is 17.7 Å². The van der Waals surface area contributed by atoms with Crippen LogP contribution in [0, 0.1) is 0 Å². The maximum absolute atomic E-state index is 13.0. The summed E-state index contributed by atoms with van der Waals surface area (Å²) in [4.78, 5) is 8.67. The van der Waals surface area contributed by atoms with Crippen LogP contribution >= 0.6 is 23.2 Å². The Morgan fingerprint density at radius 1 is 1.27 bits per heavy atom. The lowest BCUT2D eigenvalue weighted by atomic mass is 10.4. The number of rotatable bonds is 2. The lowest BCUT2D eigenvalue weighted by Crippen LogP contribution is -2.33. The molecule has 2 atom stereocenters. The highest BCUT2D eigenvalue weighted by molar-refractivity contribution is 6.18. The number of alkyl halides is 3. The summed E-state index contributed by atoms with van der Waals surface area (Å²) >= 11 is 10.6. The van der Waals surface area contributed by atoms with E-state index >= 15 is 0 Å². The highest BCUT2D eigenvalue weighted by Gasteiger charge is 2.50. The van der Waals surface area contributed by atoms with Gasteiger partial charge in [0.05, 0.1) is 5.88 Å². The molecular weight excluding hydrogens is 198 g/mol. The van der Waals surface area contributed by atoms with Crippen molar-refractivity contribution in [2.24, 2.45) is 0 Å². The minimum Gasteiger partial charge on any atom is -0.284 e. The van der Waals surface area contributed by atoms with Gasteiger partial charge in [-0.3, -0.25) is 4.74 Å². The largest absolute Gasteiger partial charge is 0.363 e. The summed E-state index contributed by atoms with van der Waals surface area (Å²) in [7, 11) is 0. The van der Waals surface area contributed by atoms with Crippen molar-refractivity contribution in [3.63, 3.8) is 0 Å². The minimum absolute atomic E-state index is 0.0322. The van der Waals surface area contributed by atoms with E-state index in [-0.39, 0.29) is 5.88 Å². The fourth-order valence-corrected chi connectivity index (χ4v) is 0.804. The summed E-state index contributed by atoms with van der Waals surface area (Å²) in [6.45, 7) is 1.45. The molecule has 0 amide bonds. The molecule has 1 aliphatic rings. The van der Waals surface area contributed by atoms with Gasteiger partial charge in [0, 0.05) is 0 Å². The Labute approximate surface area is 73.2 Å². The van der Waals surface area contributed by atoms with Gasteiger partial charge in [0.2, 0.25) is 5.79 Å². The molecule has 0 spiro atoms. The second-order valence-electron chi connectivity index (χ2n) is 2.33. The van der Waals surface area contributed by atoms with E-state index in [2.05, 4.69) is 14.5 Å². The third kappa shape index (κ3) is 1.95. The SMILES string of the molecule is C[C@]1(CCl)OO[C@](F)(CCl)O1. The van der Waals surface area contributed by atoms with Crippen molar-refractivity contribution in [2.45, 2.75) is 18.8 Å². The van der Waals surface area contributed by atoms with Gasteiger partial charge in [0.1, 0.15) is 5.88 Å². The maximum Gasteiger partial charge on any atom is 0.363 e. The van der Waals surface area contributed by atoms with Gasteiger partial charge in [-0.2, -0.15) is 14.2 Å². The van der Waals surface area contributed by atoms with Crippen LogP contribution in [0.3, 0.4) is 0 Å². The molecule has 66 valence electrons. The fourth-order valence-electron chi connectivity index (χ4n) is 0.606. The number of hydrogen-bond donors (Lipinski definition) is 0. The highest BCUT2D eigenvalue weighted by atomic mass is 35.5. The quantitative estimate of drug-likeness (QED) is 0.508. The third-order valence-corrected chi connectivity index (χ3v) is 1.92. The molecule has 0 N–H and O–H groups in total. The van der Waals surface area contributed by atoms with Crippen LogP contribution in [0.15, 0.2) is 0 Å². The molecule has 6 heteroatoms. The zero-order valence-corrected chi connectivity index (χ0v) is 7.28. The molecular formula is C5H7Cl2FO3. The Bertz CT molecular complexity index is 143. The fraction of sp³-hybridized carbons (Fsp3) is 1.00. The molecule has 11 heavy (non-hydrogen) atoms. The number of ether oxygens (including phenoxy) is 1. The van der Waals surface area contributed by atoms with Crippen molar-refractivity contribution in [1.82, 2.24) is 0 Å². The van der Waals surface area contributed by atoms with E-state index in [0.29, 0.717) is 0 Å². The average molecular weight is 205 g/mol. The average Bonchev–Trinajstić information content (AvgIpc) is 2.30. The van der Waals surface area contributed by atoms with Gasteiger partial charge in [-0.25, -0.2) is 0 Å². The first-order valence-electron chi connectivity index (χ1n) is 2.91. The standard InChI is InChI=1S/C5H7Cl2FO3/c1-4(2-6)9-5(8,3-7)11-10-4/h2-3H2,1H3/t4-,5+/m1/s1. The molecule has 1 saturated heterocycles. The van der Waals surface area contributed by atoms with Crippen molar-refractivity contribution >= 4 is 23.2 Å². The minimum atomic E-state index is -2.37. The van der Waals surface area contributed by atoms with Crippen molar-refractivity contribution < 1.29 is 18.9 Å². The van der Waals surface area contributed by atoms with Gasteiger partial charge in [0.15, 0.2) is 0 Å². The second-order valence-corrected chi connectivity index (χ2v) is 2.86. The van der Waals surface area contributed by atoms with Crippen LogP contribution in [0.4, 0.5) is 4.39 Å². The van der Waals surface area contributed by atoms with Gasteiger partial charge >= 0.3 is 6.04 Å². The van der Waals surface area contributed by atoms with Crippen LogP contribution in [0.25, 0.3) is 0 Å². The predicted octanol–water partition coefficient (Wildman–Crippen LogP) is 1.78. The molecule has 1 rings (SSSR count). The summed E-state index contributed by atoms with van der Waals surface area (Å²) < 4.78 is 17.6. The van der Waals surface area contributed by atoms with E-state index in [1.54, 1.807) is 0 Å². The molecule has 0 aliphatic carbocycles. The Morgan fingerprint density at radius 3 is 2.18 bits per heavy atom. The van der Waals surface area contributed by atoms with Crippen LogP contribution in [0.5, 0.6) is 0 Å². The molecule has 0 bridgehead atoms. The van der Waals surface area contributed by atoms with Crippen molar-refractivity contribution in [3.05, 3.63) is 0 Å². The lowest BCUT2D eigenvalue weighted by molar-refractivity contribution is -0.370. The number of halogens is 3. The first-order chi connectivity index (χ1) is 5.04. The van der Waals surface area contributed by atoms with Gasteiger partial charge in [0.25, 0.3) is 0 Å². The molecule has 0 aromatic rings. The van der Waals surface area contributed by atoms with Crippen LogP contribution < -0.4 is 0 Å². The van der Waals surface area contributed by atoms with Crippen molar-refractivity contribution in [3.8, 4) is 0 Å². The van der Waals surface area contributed by atoms with Gasteiger partial charge in [-0.1, -0.05) is 0 Å². The smallest absolute Gasteiger partial charge is 0.284 e. The van der Waals surface area contributed by atoms with Gasteiger partial charge < -0.3 is 0 Å². The zero-order valence-electron chi connectivity index (χ0n) is 5.77. The van der Waals surface area contributed by atoms with Crippen LogP contribution in [-0.2, 0) is 14.5 Å². The van der Waals surface area contributed by atoms with Crippen LogP contribution in [0.2, 0.25) is 0 Å². The number of hydrogen-bond acceptors (Lipinski definition) is 3. The molecule has 0 aromatic heterocycles. The normalized spacial score (nSPS) is 44.7. The highest BCUT2D eigenvalue weighted by Crippen LogP contribution is 2.35. The van der Waals surface area contributed by atoms with E-state index in [0.717, 1.165) is 0 Å². The van der Waals surface area contributed by atoms with E-state index in [4.69, 9.17) is 23.2 Å². The summed E-state index contributed by atoms with van der Waals surface area (Å²) in [5.41, 5.74) is 0. The first kappa shape index (κ1) is 9.48. The Balaban J connectivity index is 2.58. The van der Waals surface area contributed by atoms with E-state index in [1.807, 2.05) is 0 Å². The molecule has 0 saturated carbocycles. The molecule has 1 fully saturated rings. The maximum atomic E-state index is 13.0. The molecule has 3 nitrogen and oxygen atoms in total. The lowest BCUT2D eigenvalue weighted by Gasteiger charge is -2.16. The molecule has 0 radical (unpaired) electrons. The first-order valence-corrected chi connectivity index (χ1v) is 3.98. The van der Waals surface area contributed by atoms with E-state index in [9.17, 15) is 4.39 Å². The topological polar surface area (TPSA) is 27.7 Å². The summed E-state index contributed by atoms with van der Waals surface area (Å²) in [5.74, 6) is -1.74. The third-order valence-electron chi connectivity index (χ3n) is 1.11. The van der Waals surface area contributed by atoms with Crippen molar-refractivity contribution in [2.75, 3.05) is 11.8 Å². The molecule has 0 unspecified atom stereocenters. The second kappa shape index (κ2) is 3.03. The van der Waals surface area contributed by atoms with E-state index in [1.165, 1.54) is 6.92 Å². The van der Waals surface area contributed by atoms with Crippen LogP contribution in [-0.4, -0.2) is 23.6 Å². The summed E-state index contributed by atoms with van der Waals surface area (Å²) in [6, 6.07) is -2.37. The summed E-state index contributed by atoms with van der Waals surface area (Å²) in [5, 5.41) is 0. The molecule has 1 heterocycles. The predicted molar refractivity (Wildman–Crippen MR) is 36.9 cm³/mol. The Morgan fingerprint density at radius 2 is 1.91 bits per heavy atom. The monoisotopic (exact) mass is 204 g/mol. The Kier molecular flexibility index (Phi) is 2.61.